The highest BCUT2D eigenvalue weighted by Gasteiger charge is 2.16. The fourth-order valence-electron chi connectivity index (χ4n) is 1.45. The Hall–Kier alpha value is -2.61. The number of nitrogens with two attached hydrogens (primary N) is 3. The van der Waals surface area contributed by atoms with E-state index in [0.29, 0.717) is 6.54 Å². The third-order valence-corrected chi connectivity index (χ3v) is 2.82. The molecule has 0 saturated heterocycles. The molecule has 0 bridgehead atoms. The molecule has 0 aliphatic carbocycles. The van der Waals surface area contributed by atoms with E-state index in [0.717, 1.165) is 5.57 Å². The maximum absolute atomic E-state index is 12.0. The monoisotopic (exact) mass is 353 g/mol. The number of hydrogen-bond donors (Lipinski definition) is 4. The van der Waals surface area contributed by atoms with Gasteiger partial charge in [-0.1, -0.05) is 43.7 Å². The molecule has 1 aromatic heterocycles. The first-order valence-corrected chi connectivity index (χ1v) is 7.74. The molecule has 0 fully saturated rings. The highest BCUT2D eigenvalue weighted by Crippen LogP contribution is 2.17. The molecule has 0 radical (unpaired) electrons. The lowest BCUT2D eigenvalue weighted by atomic mass is 10.2. The summed E-state index contributed by atoms with van der Waals surface area (Å²) in [5.74, 6) is -0.930. The second kappa shape index (κ2) is 11.0. The van der Waals surface area contributed by atoms with Crippen LogP contribution in [0, 0.1) is 0 Å². The molecule has 0 unspecified atom stereocenters. The maximum Gasteiger partial charge on any atom is 0.280 e. The minimum atomic E-state index is -0.666. The van der Waals surface area contributed by atoms with E-state index in [1.807, 2.05) is 45.9 Å². The first kappa shape index (κ1) is 21.4. The van der Waals surface area contributed by atoms with Crippen molar-refractivity contribution in [2.75, 3.05) is 18.0 Å². The number of halogens is 1. The Labute approximate surface area is 146 Å². The minimum Gasteiger partial charge on any atom is -0.382 e. The van der Waals surface area contributed by atoms with Gasteiger partial charge in [-0.2, -0.15) is 0 Å². The summed E-state index contributed by atoms with van der Waals surface area (Å²) in [5.41, 5.74) is 17.4. The van der Waals surface area contributed by atoms with Crippen LogP contribution in [-0.4, -0.2) is 28.4 Å². The number of carbonyl (C=O) groups is 1. The number of allylic oxidation sites excluding steroid dienone is 2. The number of nitrogens with one attached hydrogen (secondary N) is 1. The topological polar surface area (TPSA) is 145 Å². The van der Waals surface area contributed by atoms with Crippen molar-refractivity contribution in [3.63, 3.8) is 0 Å². The molecule has 0 aliphatic heterocycles. The number of nitrogens with zero attached hydrogens (tertiary/aromatic N) is 3. The summed E-state index contributed by atoms with van der Waals surface area (Å²) < 4.78 is 0. The van der Waals surface area contributed by atoms with Crippen LogP contribution in [0.1, 0.15) is 38.2 Å². The van der Waals surface area contributed by atoms with Crippen molar-refractivity contribution in [2.45, 2.75) is 27.7 Å². The second-order valence-corrected chi connectivity index (χ2v) is 4.51. The van der Waals surface area contributed by atoms with E-state index in [1.165, 1.54) is 0 Å². The second-order valence-electron chi connectivity index (χ2n) is 4.15. The first-order valence-electron chi connectivity index (χ1n) is 7.36. The van der Waals surface area contributed by atoms with Gasteiger partial charge in [0.1, 0.15) is 0 Å². The Kier molecular flexibility index (Phi) is 9.81. The zero-order valence-electron chi connectivity index (χ0n) is 14.3. The molecule has 8 nitrogen and oxygen atoms in total. The lowest BCUT2D eigenvalue weighted by molar-refractivity contribution is 0.0972. The van der Waals surface area contributed by atoms with Gasteiger partial charge >= 0.3 is 0 Å². The summed E-state index contributed by atoms with van der Waals surface area (Å²) in [6, 6.07) is 0. The van der Waals surface area contributed by atoms with Gasteiger partial charge < -0.3 is 17.2 Å². The molecule has 1 rings (SSSR count). The zero-order chi connectivity index (χ0) is 18.7. The number of anilines is 2. The molecule has 9 heteroatoms. The van der Waals surface area contributed by atoms with Gasteiger partial charge in [-0.05, 0) is 19.4 Å². The van der Waals surface area contributed by atoms with Gasteiger partial charge in [0.05, 0.1) is 6.54 Å². The number of guanidine groups is 1. The average Bonchev–Trinajstić information content (AvgIpc) is 2.56. The van der Waals surface area contributed by atoms with Gasteiger partial charge in [0.2, 0.25) is 0 Å². The van der Waals surface area contributed by atoms with Gasteiger partial charge in [-0.25, -0.2) is 15.0 Å². The third kappa shape index (κ3) is 6.66. The van der Waals surface area contributed by atoms with Crippen LogP contribution in [0.15, 0.2) is 28.8 Å². The minimum absolute atomic E-state index is 0.0542. The number of nitrogen functional groups attached to an aromatic ring is 2. The van der Waals surface area contributed by atoms with Gasteiger partial charge in [0.25, 0.3) is 5.91 Å². The van der Waals surface area contributed by atoms with Crippen molar-refractivity contribution in [1.29, 1.82) is 0 Å². The lowest BCUT2D eigenvalue weighted by Gasteiger charge is -2.07. The summed E-state index contributed by atoms with van der Waals surface area (Å²) in [4.78, 5) is 23.5. The number of aliphatic imine (C=N–C) groups is 1. The largest absolute Gasteiger partial charge is 0.382 e. The van der Waals surface area contributed by atoms with Crippen LogP contribution in [0.5, 0.6) is 0 Å². The Bertz CT molecular complexity index is 653. The van der Waals surface area contributed by atoms with E-state index in [4.69, 9.17) is 28.8 Å². The number of amides is 1. The molecule has 1 amide bonds. The maximum atomic E-state index is 12.0. The Morgan fingerprint density at radius 2 is 1.88 bits per heavy atom. The van der Waals surface area contributed by atoms with E-state index in [9.17, 15) is 4.79 Å². The molecule has 0 aromatic carbocycles. The molecule has 0 spiro atoms. The summed E-state index contributed by atoms with van der Waals surface area (Å²) in [5, 5.41) is 2.25. The van der Waals surface area contributed by atoms with Crippen molar-refractivity contribution in [2.24, 2.45) is 10.7 Å². The fourth-order valence-corrected chi connectivity index (χ4v) is 1.58. The summed E-state index contributed by atoms with van der Waals surface area (Å²) in [6.45, 7) is 8.10. The summed E-state index contributed by atoms with van der Waals surface area (Å²) >= 11 is 5.71. The summed E-state index contributed by atoms with van der Waals surface area (Å²) in [6.07, 6.45) is 5.66. The lowest BCUT2D eigenvalue weighted by Crippen LogP contribution is -2.38. The van der Waals surface area contributed by atoms with E-state index < -0.39 is 5.91 Å². The number of carbonyl (C=O) groups excluding carboxylic acids is 1. The normalized spacial score (nSPS) is 11.9. The molecule has 0 saturated carbocycles. The first-order chi connectivity index (χ1) is 11.4. The van der Waals surface area contributed by atoms with Crippen LogP contribution in [-0.2, 0) is 0 Å². The van der Waals surface area contributed by atoms with Crippen molar-refractivity contribution in [3.05, 3.63) is 34.6 Å². The smallest absolute Gasteiger partial charge is 0.280 e. The van der Waals surface area contributed by atoms with E-state index in [2.05, 4.69) is 20.3 Å². The van der Waals surface area contributed by atoms with Crippen LogP contribution in [0.4, 0.5) is 11.6 Å². The van der Waals surface area contributed by atoms with Crippen molar-refractivity contribution in [3.8, 4) is 0 Å². The molecule has 0 aliphatic rings. The van der Waals surface area contributed by atoms with Crippen LogP contribution < -0.4 is 22.5 Å². The van der Waals surface area contributed by atoms with Crippen LogP contribution in [0.25, 0.3) is 0 Å². The fraction of sp³-hybridized carbons (Fsp3) is 0.333. The molecular formula is C15H24ClN7O. The molecule has 1 aromatic rings. The Morgan fingerprint density at radius 3 is 2.42 bits per heavy atom. The van der Waals surface area contributed by atoms with Crippen LogP contribution >= 0.6 is 11.6 Å². The quantitative estimate of drug-likeness (QED) is 0.369. The van der Waals surface area contributed by atoms with Gasteiger partial charge in [-0.3, -0.25) is 10.1 Å². The van der Waals surface area contributed by atoms with Gasteiger partial charge in [0, 0.05) is 0 Å². The molecule has 7 N–H and O–H groups in total. The van der Waals surface area contributed by atoms with Crippen LogP contribution in [0.2, 0.25) is 5.15 Å². The highest BCUT2D eigenvalue weighted by atomic mass is 35.5. The number of rotatable bonds is 4. The SMILES string of the molecule is C/C=C\C(=C/C)CN=C(N)NC(=O)c1nc(Cl)c(N)nc1N.CC. The average molecular weight is 354 g/mol. The van der Waals surface area contributed by atoms with E-state index in [-0.39, 0.29) is 28.4 Å². The van der Waals surface area contributed by atoms with E-state index in [1.54, 1.807) is 0 Å². The van der Waals surface area contributed by atoms with Crippen molar-refractivity contribution < 1.29 is 4.79 Å². The number of hydrogen-bond acceptors (Lipinski definition) is 6. The Balaban J connectivity index is 0.00000254. The van der Waals surface area contributed by atoms with Crippen molar-refractivity contribution in [1.82, 2.24) is 15.3 Å². The predicted octanol–water partition coefficient (Wildman–Crippen LogP) is 1.89. The van der Waals surface area contributed by atoms with Crippen LogP contribution in [0.3, 0.4) is 0 Å². The molecular weight excluding hydrogens is 330 g/mol. The molecule has 24 heavy (non-hydrogen) atoms. The molecule has 1 heterocycles. The molecule has 0 atom stereocenters. The molecule has 132 valence electrons. The number of aromatic nitrogens is 2. The summed E-state index contributed by atoms with van der Waals surface area (Å²) in [7, 11) is 0. The standard InChI is InChI=1S/C13H18ClN7O.C2H6/c1-3-5-7(4-2)6-18-13(17)21-12(22)8-10(15)20-11(16)9(14)19-8;1-2/h3-5H,6H2,1-2H3,(H4,15,16,20)(H3,17,18,21,22);1-2H3/b5-3-,7-4+;. The highest BCUT2D eigenvalue weighted by molar-refractivity contribution is 6.31. The van der Waals surface area contributed by atoms with Crippen molar-refractivity contribution >= 4 is 35.1 Å². The van der Waals surface area contributed by atoms with Gasteiger partial charge in [0.15, 0.2) is 28.4 Å². The predicted molar refractivity (Wildman–Crippen MR) is 99.7 cm³/mol. The van der Waals surface area contributed by atoms with E-state index >= 15 is 0 Å². The Morgan fingerprint density at radius 1 is 1.25 bits per heavy atom. The van der Waals surface area contributed by atoms with Gasteiger partial charge in [-0.15, -0.1) is 0 Å². The third-order valence-electron chi connectivity index (χ3n) is 2.55. The zero-order valence-corrected chi connectivity index (χ0v) is 15.1.